The second-order valence-electron chi connectivity index (χ2n) is 8.31. The minimum atomic E-state index is 0.0315. The molecule has 3 rings (SSSR count). The lowest BCUT2D eigenvalue weighted by Gasteiger charge is -2.23. The van der Waals surface area contributed by atoms with Gasteiger partial charge in [0.1, 0.15) is 12.4 Å². The van der Waals surface area contributed by atoms with Gasteiger partial charge in [-0.1, -0.05) is 80.6 Å². The van der Waals surface area contributed by atoms with Gasteiger partial charge in [0.25, 0.3) is 0 Å². The third-order valence-corrected chi connectivity index (χ3v) is 6.02. The average molecular weight is 449 g/mol. The molecule has 176 valence electrons. The van der Waals surface area contributed by atoms with Gasteiger partial charge < -0.3 is 19.3 Å². The Morgan fingerprint density at radius 2 is 1.18 bits per heavy atom. The Labute approximate surface area is 198 Å². The van der Waals surface area contributed by atoms with Crippen molar-refractivity contribution in [2.75, 3.05) is 39.6 Å². The first-order valence-electron chi connectivity index (χ1n) is 11.7. The van der Waals surface area contributed by atoms with Crippen LogP contribution in [0.3, 0.4) is 0 Å². The van der Waals surface area contributed by atoms with Crippen LogP contribution in [0.4, 0.5) is 0 Å². The van der Waals surface area contributed by atoms with E-state index in [0.717, 1.165) is 5.75 Å². The van der Waals surface area contributed by atoms with Crippen molar-refractivity contribution in [3.05, 3.63) is 101 Å². The molecule has 0 saturated carbocycles. The number of rotatable bonds is 13. The molecule has 4 nitrogen and oxygen atoms in total. The lowest BCUT2D eigenvalue weighted by Crippen LogP contribution is -2.13. The van der Waals surface area contributed by atoms with E-state index < -0.39 is 0 Å². The summed E-state index contributed by atoms with van der Waals surface area (Å²) in [5, 5.41) is 8.74. The second kappa shape index (κ2) is 13.1. The van der Waals surface area contributed by atoms with Gasteiger partial charge in [0.15, 0.2) is 0 Å². The molecule has 0 bridgehead atoms. The number of aliphatic hydroxyl groups excluding tert-OH is 1. The number of benzene rings is 3. The maximum atomic E-state index is 8.74. The number of hydrogen-bond acceptors (Lipinski definition) is 4. The van der Waals surface area contributed by atoms with Crippen molar-refractivity contribution in [2.45, 2.75) is 32.6 Å². The minimum absolute atomic E-state index is 0.0315. The van der Waals surface area contributed by atoms with Crippen LogP contribution in [-0.2, 0) is 9.47 Å². The van der Waals surface area contributed by atoms with Crippen LogP contribution < -0.4 is 4.74 Å². The van der Waals surface area contributed by atoms with Gasteiger partial charge in [0.2, 0.25) is 0 Å². The minimum Gasteiger partial charge on any atom is -0.491 e. The van der Waals surface area contributed by atoms with E-state index in [-0.39, 0.29) is 12.5 Å². The summed E-state index contributed by atoms with van der Waals surface area (Å²) in [5.74, 6) is 1.41. The molecule has 3 aromatic rings. The summed E-state index contributed by atoms with van der Waals surface area (Å²) < 4.78 is 17.0. The summed E-state index contributed by atoms with van der Waals surface area (Å²) in [5.41, 5.74) is 6.31. The van der Waals surface area contributed by atoms with E-state index >= 15 is 0 Å². The summed E-state index contributed by atoms with van der Waals surface area (Å²) in [7, 11) is 0. The lowest BCUT2D eigenvalue weighted by molar-refractivity contribution is 0.0246. The summed E-state index contributed by atoms with van der Waals surface area (Å²) >= 11 is 0. The molecule has 0 radical (unpaired) electrons. The van der Waals surface area contributed by atoms with E-state index in [1.807, 2.05) is 6.07 Å². The zero-order valence-corrected chi connectivity index (χ0v) is 20.0. The van der Waals surface area contributed by atoms with Crippen LogP contribution in [0.15, 0.2) is 72.8 Å². The maximum Gasteiger partial charge on any atom is 0.123 e. The Hall–Kier alpha value is -2.66. The number of aryl methyl sites for hydroxylation is 1. The van der Waals surface area contributed by atoms with E-state index in [4.69, 9.17) is 19.3 Å². The predicted molar refractivity (Wildman–Crippen MR) is 133 cm³/mol. The monoisotopic (exact) mass is 448 g/mol. The van der Waals surface area contributed by atoms with Crippen LogP contribution in [0.5, 0.6) is 5.75 Å². The lowest BCUT2D eigenvalue weighted by atomic mass is 9.84. The summed E-state index contributed by atoms with van der Waals surface area (Å²) in [6, 6.07) is 25.7. The fraction of sp³-hybridized carbons (Fsp3) is 0.379. The molecule has 1 N–H and O–H groups in total. The maximum absolute atomic E-state index is 8.74. The molecule has 4 heteroatoms. The zero-order valence-electron chi connectivity index (χ0n) is 20.0. The molecule has 33 heavy (non-hydrogen) atoms. The molecule has 2 atom stereocenters. The third-order valence-electron chi connectivity index (χ3n) is 6.02. The third kappa shape index (κ3) is 7.16. The number of ether oxygens (including phenoxy) is 3. The Bertz CT molecular complexity index is 956. The highest BCUT2D eigenvalue weighted by atomic mass is 16.5. The molecule has 0 amide bonds. The topological polar surface area (TPSA) is 47.9 Å². The molecule has 0 aliphatic rings. The van der Waals surface area contributed by atoms with Crippen molar-refractivity contribution >= 4 is 0 Å². The molecular formula is C29H36O4. The Morgan fingerprint density at radius 1 is 0.667 bits per heavy atom. The molecule has 0 heterocycles. The first kappa shape index (κ1) is 25.0. The van der Waals surface area contributed by atoms with Gasteiger partial charge in [0.05, 0.1) is 33.0 Å². The molecule has 0 fully saturated rings. The first-order valence-corrected chi connectivity index (χ1v) is 11.7. The van der Waals surface area contributed by atoms with Gasteiger partial charge >= 0.3 is 0 Å². The normalized spacial score (nSPS) is 13.0. The van der Waals surface area contributed by atoms with E-state index in [2.05, 4.69) is 87.5 Å². The van der Waals surface area contributed by atoms with Gasteiger partial charge in [-0.25, -0.2) is 0 Å². The van der Waals surface area contributed by atoms with Crippen molar-refractivity contribution < 1.29 is 19.3 Å². The van der Waals surface area contributed by atoms with E-state index in [9.17, 15) is 0 Å². The quantitative estimate of drug-likeness (QED) is 0.341. The molecule has 0 saturated heterocycles. The van der Waals surface area contributed by atoms with Gasteiger partial charge in [-0.3, -0.25) is 0 Å². The fourth-order valence-electron chi connectivity index (χ4n) is 4.09. The Morgan fingerprint density at radius 3 is 1.76 bits per heavy atom. The van der Waals surface area contributed by atoms with Gasteiger partial charge in [-0.2, -0.15) is 0 Å². The highest BCUT2D eigenvalue weighted by Gasteiger charge is 2.19. The standard InChI is InChI=1S/C29H36O4/c1-22-20-29(33-19-18-32-17-16-31-15-14-30)28(24(3)26-12-8-5-9-13-26)21-27(22)23(2)25-10-6-4-7-11-25/h4-13,20-21,23-24,30H,14-19H2,1-3H3. The number of hydrogen-bond donors (Lipinski definition) is 1. The van der Waals surface area contributed by atoms with Crippen LogP contribution in [0.2, 0.25) is 0 Å². The van der Waals surface area contributed by atoms with Crippen LogP contribution in [0.1, 0.15) is 53.5 Å². The van der Waals surface area contributed by atoms with Crippen LogP contribution in [0, 0.1) is 6.92 Å². The van der Waals surface area contributed by atoms with Crippen LogP contribution in [0.25, 0.3) is 0 Å². The van der Waals surface area contributed by atoms with E-state index in [1.54, 1.807) is 0 Å². The van der Waals surface area contributed by atoms with Crippen molar-refractivity contribution in [2.24, 2.45) is 0 Å². The highest BCUT2D eigenvalue weighted by Crippen LogP contribution is 2.37. The van der Waals surface area contributed by atoms with Crippen molar-refractivity contribution in [1.29, 1.82) is 0 Å². The summed E-state index contributed by atoms with van der Waals surface area (Å²) in [6.07, 6.45) is 0. The second-order valence-corrected chi connectivity index (χ2v) is 8.31. The summed E-state index contributed by atoms with van der Waals surface area (Å²) in [4.78, 5) is 0. The van der Waals surface area contributed by atoms with Gasteiger partial charge in [-0.15, -0.1) is 0 Å². The highest BCUT2D eigenvalue weighted by molar-refractivity contribution is 5.50. The van der Waals surface area contributed by atoms with Gasteiger partial charge in [-0.05, 0) is 35.2 Å². The molecule has 0 aliphatic heterocycles. The Kier molecular flexibility index (Phi) is 9.95. The smallest absolute Gasteiger partial charge is 0.123 e. The first-order chi connectivity index (χ1) is 16.1. The SMILES string of the molecule is Cc1cc(OCCOCCOCCO)c(C(C)c2ccccc2)cc1C(C)c1ccccc1. The van der Waals surface area contributed by atoms with Gasteiger partial charge in [0, 0.05) is 17.4 Å². The largest absolute Gasteiger partial charge is 0.491 e. The molecule has 0 aliphatic carbocycles. The number of aliphatic hydroxyl groups is 1. The zero-order chi connectivity index (χ0) is 23.5. The van der Waals surface area contributed by atoms with Crippen LogP contribution >= 0.6 is 0 Å². The summed E-state index contributed by atoms with van der Waals surface area (Å²) in [6.45, 7) is 8.96. The van der Waals surface area contributed by atoms with Crippen LogP contribution in [-0.4, -0.2) is 44.7 Å². The predicted octanol–water partition coefficient (Wildman–Crippen LogP) is 5.70. The van der Waals surface area contributed by atoms with E-state index in [1.165, 1.54) is 27.8 Å². The van der Waals surface area contributed by atoms with Crippen molar-refractivity contribution in [3.63, 3.8) is 0 Å². The molecule has 3 aromatic carbocycles. The van der Waals surface area contributed by atoms with E-state index in [0.29, 0.717) is 39.0 Å². The van der Waals surface area contributed by atoms with Crippen molar-refractivity contribution in [3.8, 4) is 5.75 Å². The average Bonchev–Trinajstić information content (AvgIpc) is 2.86. The molecule has 0 spiro atoms. The molecular weight excluding hydrogens is 412 g/mol. The fourth-order valence-corrected chi connectivity index (χ4v) is 4.09. The molecule has 2 unspecified atom stereocenters. The Balaban J connectivity index is 1.78. The molecule has 0 aromatic heterocycles. The van der Waals surface area contributed by atoms with Crippen molar-refractivity contribution in [1.82, 2.24) is 0 Å².